The molecule has 0 unspecified atom stereocenters. The first-order valence-electron chi connectivity index (χ1n) is 8.84. The van der Waals surface area contributed by atoms with Crippen LogP contribution < -0.4 is 4.90 Å². The Kier molecular flexibility index (Phi) is 4.71. The smallest absolute Gasteiger partial charge is 0.410 e. The molecule has 1 amide bonds. The summed E-state index contributed by atoms with van der Waals surface area (Å²) in [6.45, 7) is 9.18. The van der Waals surface area contributed by atoms with Crippen LogP contribution in [0.5, 0.6) is 0 Å². The summed E-state index contributed by atoms with van der Waals surface area (Å²) in [4.78, 5) is 35.7. The van der Waals surface area contributed by atoms with Crippen LogP contribution in [0.15, 0.2) is 11.9 Å². The van der Waals surface area contributed by atoms with Gasteiger partial charge in [0.05, 0.1) is 5.57 Å². The molecule has 0 radical (unpaired) electrons. The summed E-state index contributed by atoms with van der Waals surface area (Å²) in [5.41, 5.74) is 0.254. The third-order valence-electron chi connectivity index (χ3n) is 4.67. The zero-order valence-corrected chi connectivity index (χ0v) is 15.9. The molecule has 1 aliphatic carbocycles. The number of carboxylic acid groups (broad SMARTS) is 1. The van der Waals surface area contributed by atoms with Crippen molar-refractivity contribution >= 4 is 23.6 Å². The number of hydrogen-bond donors (Lipinski definition) is 2. The largest absolute Gasteiger partial charge is 0.505 e. The van der Waals surface area contributed by atoms with E-state index < -0.39 is 17.5 Å². The molecule has 1 fully saturated rings. The Labute approximate surface area is 157 Å². The number of aliphatic hydroxyl groups excluding tert-OH is 1. The number of piperazine rings is 1. The molecule has 9 heteroatoms. The van der Waals surface area contributed by atoms with Crippen LogP contribution in [-0.4, -0.2) is 68.9 Å². The minimum Gasteiger partial charge on any atom is -0.505 e. The molecule has 1 aromatic heterocycles. The molecule has 1 aromatic rings. The Morgan fingerprint density at radius 3 is 2.37 bits per heavy atom. The highest BCUT2D eigenvalue weighted by Crippen LogP contribution is 2.43. The number of fused-ring (bicyclic) bond motifs is 1. The number of rotatable bonds is 2. The van der Waals surface area contributed by atoms with E-state index in [0.717, 1.165) is 0 Å². The second kappa shape index (κ2) is 6.71. The molecule has 1 aliphatic heterocycles. The molecular weight excluding hydrogens is 352 g/mol. The highest BCUT2D eigenvalue weighted by molar-refractivity contribution is 5.99. The lowest BCUT2D eigenvalue weighted by Gasteiger charge is -2.37. The van der Waals surface area contributed by atoms with Gasteiger partial charge < -0.3 is 24.7 Å². The minimum absolute atomic E-state index is 0.0702. The van der Waals surface area contributed by atoms with Gasteiger partial charge in [-0.25, -0.2) is 19.6 Å². The van der Waals surface area contributed by atoms with Crippen molar-refractivity contribution in [2.75, 3.05) is 31.1 Å². The summed E-state index contributed by atoms with van der Waals surface area (Å²) in [6.07, 6.45) is 0.971. The van der Waals surface area contributed by atoms with Gasteiger partial charge >= 0.3 is 12.1 Å². The van der Waals surface area contributed by atoms with Crippen molar-refractivity contribution in [3.8, 4) is 0 Å². The van der Waals surface area contributed by atoms with Gasteiger partial charge in [0.15, 0.2) is 5.76 Å². The van der Waals surface area contributed by atoms with Gasteiger partial charge in [0.25, 0.3) is 0 Å². The van der Waals surface area contributed by atoms with E-state index in [2.05, 4.69) is 9.97 Å². The molecule has 1 atom stereocenters. The zero-order chi connectivity index (χ0) is 19.9. The maximum atomic E-state index is 12.2. The topological polar surface area (TPSA) is 116 Å². The maximum absolute atomic E-state index is 12.2. The van der Waals surface area contributed by atoms with Crippen LogP contribution >= 0.6 is 0 Å². The molecule has 2 heterocycles. The van der Waals surface area contributed by atoms with Crippen molar-refractivity contribution in [3.63, 3.8) is 0 Å². The first-order chi connectivity index (χ1) is 12.6. The fraction of sp³-hybridized carbons (Fsp3) is 0.556. The predicted molar refractivity (Wildman–Crippen MR) is 97.7 cm³/mol. The maximum Gasteiger partial charge on any atom is 0.410 e. The molecule has 27 heavy (non-hydrogen) atoms. The number of hydrogen-bond acceptors (Lipinski definition) is 7. The lowest BCUT2D eigenvalue weighted by molar-refractivity contribution is -0.132. The van der Waals surface area contributed by atoms with Crippen LogP contribution in [0, 0.1) is 0 Å². The molecule has 0 aromatic carbocycles. The van der Waals surface area contributed by atoms with Gasteiger partial charge in [-0.15, -0.1) is 0 Å². The molecule has 0 spiro atoms. The number of carbonyl (C=O) groups excluding carboxylic acids is 1. The van der Waals surface area contributed by atoms with E-state index in [4.69, 9.17) is 4.74 Å². The summed E-state index contributed by atoms with van der Waals surface area (Å²) in [5, 5.41) is 19.6. The van der Waals surface area contributed by atoms with Crippen molar-refractivity contribution in [2.24, 2.45) is 0 Å². The Morgan fingerprint density at radius 2 is 1.81 bits per heavy atom. The lowest BCUT2D eigenvalue weighted by atomic mass is 9.99. The lowest BCUT2D eigenvalue weighted by Crippen LogP contribution is -2.50. The summed E-state index contributed by atoms with van der Waals surface area (Å²) in [6, 6.07) is 0. The van der Waals surface area contributed by atoms with Crippen LogP contribution in [0.4, 0.5) is 10.6 Å². The number of aliphatic hydroxyl groups is 1. The van der Waals surface area contributed by atoms with E-state index in [1.165, 1.54) is 6.33 Å². The van der Waals surface area contributed by atoms with Gasteiger partial charge in [0, 0.05) is 37.7 Å². The van der Waals surface area contributed by atoms with Crippen LogP contribution in [-0.2, 0) is 9.53 Å². The number of ether oxygens (including phenoxy) is 1. The molecule has 146 valence electrons. The first kappa shape index (κ1) is 18.9. The van der Waals surface area contributed by atoms with Gasteiger partial charge in [0.2, 0.25) is 0 Å². The number of carbonyl (C=O) groups is 2. The van der Waals surface area contributed by atoms with Crippen molar-refractivity contribution < 1.29 is 24.5 Å². The SMILES string of the molecule is C[C@@H]1C(C(=O)O)=C(O)c2ncnc(N3CCN(C(=O)OC(C)(C)C)CC3)c21. The zero-order valence-electron chi connectivity index (χ0n) is 15.9. The molecule has 1 saturated heterocycles. The van der Waals surface area contributed by atoms with Crippen LogP contribution in [0.3, 0.4) is 0 Å². The number of anilines is 1. The Hall–Kier alpha value is -2.84. The summed E-state index contributed by atoms with van der Waals surface area (Å²) < 4.78 is 5.40. The minimum atomic E-state index is -1.17. The predicted octanol–water partition coefficient (Wildman–Crippen LogP) is 2.00. The van der Waals surface area contributed by atoms with E-state index in [-0.39, 0.29) is 23.1 Å². The Balaban J connectivity index is 1.77. The number of carboxylic acids is 1. The molecule has 2 aliphatic rings. The number of aliphatic carboxylic acids is 1. The van der Waals surface area contributed by atoms with Gasteiger partial charge in [-0.05, 0) is 20.8 Å². The standard InChI is InChI=1S/C18H24N4O5/c1-10-11-13(14(23)12(10)16(24)25)19-9-20-15(11)21-5-7-22(8-6-21)17(26)27-18(2,3)4/h9-10,23H,5-8H2,1-4H3,(H,24,25)/t10-/m0/s1. The molecule has 2 N–H and O–H groups in total. The molecule has 9 nitrogen and oxygen atoms in total. The molecule has 0 saturated carbocycles. The van der Waals surface area contributed by atoms with Gasteiger partial charge in [0.1, 0.15) is 23.4 Å². The van der Waals surface area contributed by atoms with Crippen molar-refractivity contribution in [1.82, 2.24) is 14.9 Å². The number of aromatic nitrogens is 2. The molecular formula is C18H24N4O5. The Bertz CT molecular complexity index is 806. The van der Waals surface area contributed by atoms with E-state index in [9.17, 15) is 19.8 Å². The average molecular weight is 376 g/mol. The highest BCUT2D eigenvalue weighted by atomic mass is 16.6. The van der Waals surface area contributed by atoms with Crippen molar-refractivity contribution in [3.05, 3.63) is 23.2 Å². The van der Waals surface area contributed by atoms with Crippen LogP contribution in [0.1, 0.15) is 44.9 Å². The Morgan fingerprint density at radius 1 is 1.19 bits per heavy atom. The number of amides is 1. The second-order valence-electron chi connectivity index (χ2n) is 7.70. The first-order valence-corrected chi connectivity index (χ1v) is 8.84. The molecule has 3 rings (SSSR count). The fourth-order valence-electron chi connectivity index (χ4n) is 3.42. The van der Waals surface area contributed by atoms with Crippen molar-refractivity contribution in [2.45, 2.75) is 39.2 Å². The van der Waals surface area contributed by atoms with E-state index >= 15 is 0 Å². The third kappa shape index (κ3) is 3.54. The van der Waals surface area contributed by atoms with E-state index in [1.54, 1.807) is 11.8 Å². The quantitative estimate of drug-likeness (QED) is 0.805. The van der Waals surface area contributed by atoms with Gasteiger partial charge in [-0.2, -0.15) is 0 Å². The highest BCUT2D eigenvalue weighted by Gasteiger charge is 2.38. The summed E-state index contributed by atoms with van der Waals surface area (Å²) >= 11 is 0. The average Bonchev–Trinajstić information content (AvgIpc) is 2.85. The van der Waals surface area contributed by atoms with E-state index in [1.807, 2.05) is 25.7 Å². The van der Waals surface area contributed by atoms with Gasteiger partial charge in [-0.1, -0.05) is 6.92 Å². The normalized spacial score (nSPS) is 19.9. The van der Waals surface area contributed by atoms with Crippen molar-refractivity contribution in [1.29, 1.82) is 0 Å². The van der Waals surface area contributed by atoms with Crippen LogP contribution in [0.2, 0.25) is 0 Å². The summed E-state index contributed by atoms with van der Waals surface area (Å²) in [7, 11) is 0. The number of nitrogens with zero attached hydrogens (tertiary/aromatic N) is 4. The monoisotopic (exact) mass is 376 g/mol. The van der Waals surface area contributed by atoms with Crippen LogP contribution in [0.25, 0.3) is 5.76 Å². The van der Waals surface area contributed by atoms with Gasteiger partial charge in [-0.3, -0.25) is 0 Å². The third-order valence-corrected chi connectivity index (χ3v) is 4.67. The fourth-order valence-corrected chi connectivity index (χ4v) is 3.42. The second-order valence-corrected chi connectivity index (χ2v) is 7.70. The summed E-state index contributed by atoms with van der Waals surface area (Å²) in [5.74, 6) is -1.39. The molecule has 0 bridgehead atoms. The van der Waals surface area contributed by atoms with E-state index in [0.29, 0.717) is 37.6 Å².